The van der Waals surface area contributed by atoms with Crippen molar-refractivity contribution in [3.63, 3.8) is 0 Å². The molecule has 2 aliphatic heterocycles. The lowest BCUT2D eigenvalue weighted by atomic mass is 9.96. The van der Waals surface area contributed by atoms with Crippen LogP contribution < -0.4 is 10.6 Å². The summed E-state index contributed by atoms with van der Waals surface area (Å²) in [4.78, 5) is 15.1. The van der Waals surface area contributed by atoms with E-state index < -0.39 is 0 Å². The molecule has 0 aromatic heterocycles. The number of fused-ring (bicyclic) bond motifs is 2. The summed E-state index contributed by atoms with van der Waals surface area (Å²) in [5.41, 5.74) is 3.18. The second-order valence-corrected chi connectivity index (χ2v) is 7.96. The molecule has 0 saturated carbocycles. The van der Waals surface area contributed by atoms with Gasteiger partial charge in [0.2, 0.25) is 0 Å². The van der Waals surface area contributed by atoms with Gasteiger partial charge in [-0.25, -0.2) is 9.18 Å². The molecule has 4 nitrogen and oxygen atoms in total. The molecule has 1 unspecified atom stereocenters. The highest BCUT2D eigenvalue weighted by molar-refractivity contribution is 5.90. The van der Waals surface area contributed by atoms with Crippen LogP contribution in [0.25, 0.3) is 0 Å². The second kappa shape index (κ2) is 8.31. The van der Waals surface area contributed by atoms with E-state index in [0.29, 0.717) is 12.1 Å². The standard InChI is InChI=1S/C23H28FN3O/c1-2-17-5-3-4-6-22(17)26-23(28)25-19-13-20-11-12-21(14-19)27(20)15-16-7-9-18(24)10-8-16/h3-10,19-21H,2,11-15H2,1H3,(H2,25,26,28)/t19?,20-,21+. The predicted octanol–water partition coefficient (Wildman–Crippen LogP) is 4.71. The van der Waals surface area contributed by atoms with E-state index in [-0.39, 0.29) is 17.9 Å². The number of carbonyl (C=O) groups is 1. The number of carbonyl (C=O) groups excluding carboxylic acids is 1. The van der Waals surface area contributed by atoms with Crippen molar-refractivity contribution in [3.05, 3.63) is 65.5 Å². The number of nitrogens with zero attached hydrogens (tertiary/aromatic N) is 1. The Morgan fingerprint density at radius 3 is 2.43 bits per heavy atom. The van der Waals surface area contributed by atoms with Crippen molar-refractivity contribution >= 4 is 11.7 Å². The van der Waals surface area contributed by atoms with Crippen molar-refractivity contribution < 1.29 is 9.18 Å². The average Bonchev–Trinajstić information content (AvgIpc) is 2.92. The smallest absolute Gasteiger partial charge is 0.319 e. The fourth-order valence-electron chi connectivity index (χ4n) is 4.75. The third kappa shape index (κ3) is 4.20. The molecular formula is C23H28FN3O. The van der Waals surface area contributed by atoms with Gasteiger partial charge in [0.1, 0.15) is 5.82 Å². The average molecular weight is 381 g/mol. The first-order valence-electron chi connectivity index (χ1n) is 10.3. The minimum Gasteiger partial charge on any atom is -0.335 e. The number of amides is 2. The molecule has 2 aliphatic rings. The molecule has 2 heterocycles. The van der Waals surface area contributed by atoms with E-state index in [0.717, 1.165) is 42.6 Å². The quantitative estimate of drug-likeness (QED) is 0.788. The Balaban J connectivity index is 1.34. The first-order chi connectivity index (χ1) is 13.6. The van der Waals surface area contributed by atoms with E-state index in [1.807, 2.05) is 36.4 Å². The van der Waals surface area contributed by atoms with Crippen LogP contribution in [0, 0.1) is 5.82 Å². The molecule has 2 aromatic carbocycles. The summed E-state index contributed by atoms with van der Waals surface area (Å²) in [5.74, 6) is -0.190. The monoisotopic (exact) mass is 381 g/mol. The van der Waals surface area contributed by atoms with Crippen molar-refractivity contribution in [1.82, 2.24) is 10.2 Å². The third-order valence-electron chi connectivity index (χ3n) is 6.14. The number of hydrogen-bond acceptors (Lipinski definition) is 2. The van der Waals surface area contributed by atoms with Gasteiger partial charge in [-0.1, -0.05) is 37.3 Å². The number of urea groups is 1. The summed E-state index contributed by atoms with van der Waals surface area (Å²) in [6.45, 7) is 2.95. The van der Waals surface area contributed by atoms with Crippen LogP contribution in [0.1, 0.15) is 43.7 Å². The molecular weight excluding hydrogens is 353 g/mol. The molecule has 0 spiro atoms. The molecule has 2 N–H and O–H groups in total. The lowest BCUT2D eigenvalue weighted by Crippen LogP contribution is -2.50. The van der Waals surface area contributed by atoms with Crippen LogP contribution in [-0.4, -0.2) is 29.1 Å². The predicted molar refractivity (Wildman–Crippen MR) is 110 cm³/mol. The number of rotatable bonds is 5. The zero-order valence-electron chi connectivity index (χ0n) is 16.3. The highest BCUT2D eigenvalue weighted by Crippen LogP contribution is 2.37. The molecule has 3 atom stereocenters. The second-order valence-electron chi connectivity index (χ2n) is 7.96. The summed E-state index contributed by atoms with van der Waals surface area (Å²) >= 11 is 0. The fraction of sp³-hybridized carbons (Fsp3) is 0.435. The maximum Gasteiger partial charge on any atom is 0.319 e. The van der Waals surface area contributed by atoms with Crippen LogP contribution in [0.2, 0.25) is 0 Å². The van der Waals surface area contributed by atoms with Gasteiger partial charge < -0.3 is 10.6 Å². The SMILES string of the molecule is CCc1ccccc1NC(=O)NC1C[C@H]2CC[C@@H](C1)N2Cc1ccc(F)cc1. The van der Waals surface area contributed by atoms with E-state index in [9.17, 15) is 9.18 Å². The highest BCUT2D eigenvalue weighted by atomic mass is 19.1. The Morgan fingerprint density at radius 1 is 1.07 bits per heavy atom. The molecule has 2 amide bonds. The van der Waals surface area contributed by atoms with E-state index in [2.05, 4.69) is 22.5 Å². The van der Waals surface area contributed by atoms with Gasteiger partial charge in [0.25, 0.3) is 0 Å². The van der Waals surface area contributed by atoms with Crippen LogP contribution in [-0.2, 0) is 13.0 Å². The van der Waals surface area contributed by atoms with Gasteiger partial charge in [-0.2, -0.15) is 0 Å². The van der Waals surface area contributed by atoms with Crippen LogP contribution in [0.3, 0.4) is 0 Å². The van der Waals surface area contributed by atoms with E-state index in [4.69, 9.17) is 0 Å². The maximum absolute atomic E-state index is 13.1. The number of anilines is 1. The lowest BCUT2D eigenvalue weighted by Gasteiger charge is -2.39. The summed E-state index contributed by atoms with van der Waals surface area (Å²) in [7, 11) is 0. The Hall–Kier alpha value is -2.40. The molecule has 2 bridgehead atoms. The van der Waals surface area contributed by atoms with Crippen LogP contribution >= 0.6 is 0 Å². The van der Waals surface area contributed by atoms with Gasteiger partial charge in [0, 0.05) is 30.4 Å². The first-order valence-corrected chi connectivity index (χ1v) is 10.3. The van der Waals surface area contributed by atoms with Crippen LogP contribution in [0.15, 0.2) is 48.5 Å². The summed E-state index contributed by atoms with van der Waals surface area (Å²) < 4.78 is 13.1. The number of aryl methyl sites for hydroxylation is 1. The number of nitrogens with one attached hydrogen (secondary N) is 2. The minimum atomic E-state index is -0.190. The molecule has 28 heavy (non-hydrogen) atoms. The van der Waals surface area contributed by atoms with Gasteiger partial charge in [-0.3, -0.25) is 4.90 Å². The van der Waals surface area contributed by atoms with Crippen molar-refractivity contribution in [3.8, 4) is 0 Å². The molecule has 4 rings (SSSR count). The Bertz CT molecular complexity index is 809. The Kier molecular flexibility index (Phi) is 5.62. The Morgan fingerprint density at radius 2 is 1.75 bits per heavy atom. The van der Waals surface area contributed by atoms with Crippen molar-refractivity contribution in [2.75, 3.05) is 5.32 Å². The molecule has 0 radical (unpaired) electrons. The summed E-state index contributed by atoms with van der Waals surface area (Å²) in [5, 5.41) is 6.20. The van der Waals surface area contributed by atoms with E-state index >= 15 is 0 Å². The number of para-hydroxylation sites is 1. The zero-order valence-corrected chi connectivity index (χ0v) is 16.3. The van der Waals surface area contributed by atoms with E-state index in [1.165, 1.54) is 25.0 Å². The van der Waals surface area contributed by atoms with Gasteiger partial charge >= 0.3 is 6.03 Å². The molecule has 0 aliphatic carbocycles. The van der Waals surface area contributed by atoms with Gasteiger partial charge in [0.05, 0.1) is 0 Å². The maximum atomic E-state index is 13.1. The van der Waals surface area contributed by atoms with Crippen molar-refractivity contribution in [2.45, 2.75) is 63.7 Å². The van der Waals surface area contributed by atoms with Gasteiger partial charge in [-0.15, -0.1) is 0 Å². The molecule has 2 aromatic rings. The van der Waals surface area contributed by atoms with Gasteiger partial charge in [0.15, 0.2) is 0 Å². The first kappa shape index (κ1) is 18.9. The molecule has 5 heteroatoms. The van der Waals surface area contributed by atoms with Gasteiger partial charge in [-0.05, 0) is 61.4 Å². The zero-order chi connectivity index (χ0) is 19.5. The van der Waals surface area contributed by atoms with Crippen LogP contribution in [0.4, 0.5) is 14.9 Å². The largest absolute Gasteiger partial charge is 0.335 e. The van der Waals surface area contributed by atoms with Crippen molar-refractivity contribution in [2.24, 2.45) is 0 Å². The number of benzene rings is 2. The third-order valence-corrected chi connectivity index (χ3v) is 6.14. The number of hydrogen-bond donors (Lipinski definition) is 2. The Labute approximate surface area is 166 Å². The number of halogens is 1. The lowest BCUT2D eigenvalue weighted by molar-refractivity contribution is 0.112. The van der Waals surface area contributed by atoms with Crippen LogP contribution in [0.5, 0.6) is 0 Å². The molecule has 2 saturated heterocycles. The normalized spacial score (nSPS) is 24.1. The highest BCUT2D eigenvalue weighted by Gasteiger charge is 2.40. The summed E-state index contributed by atoms with van der Waals surface area (Å²) in [6.07, 6.45) is 5.18. The van der Waals surface area contributed by atoms with Crippen molar-refractivity contribution in [1.29, 1.82) is 0 Å². The van der Waals surface area contributed by atoms with E-state index in [1.54, 1.807) is 0 Å². The minimum absolute atomic E-state index is 0.114. The number of piperidine rings is 1. The topological polar surface area (TPSA) is 44.4 Å². The molecule has 2 fully saturated rings. The summed E-state index contributed by atoms with van der Waals surface area (Å²) in [6, 6.07) is 15.8. The molecule has 148 valence electrons. The fourth-order valence-corrected chi connectivity index (χ4v) is 4.75.